The summed E-state index contributed by atoms with van der Waals surface area (Å²) in [7, 11) is 0. The molecule has 1 fully saturated rings. The summed E-state index contributed by atoms with van der Waals surface area (Å²) in [6, 6.07) is 5.56. The molecule has 1 saturated heterocycles. The third-order valence-corrected chi connectivity index (χ3v) is 2.43. The van der Waals surface area contributed by atoms with Gasteiger partial charge in [0.05, 0.1) is 13.1 Å². The van der Waals surface area contributed by atoms with E-state index >= 15 is 0 Å². The lowest BCUT2D eigenvalue weighted by molar-refractivity contribution is -0.139. The normalized spacial score (nSPS) is 15.9. The van der Waals surface area contributed by atoms with E-state index in [-0.39, 0.29) is 12.0 Å². The Morgan fingerprint density at radius 3 is 3.00 bits per heavy atom. The zero-order chi connectivity index (χ0) is 10.7. The molecule has 0 saturated carbocycles. The number of likely N-dealkylation sites (tertiary alicyclic amines) is 1. The van der Waals surface area contributed by atoms with Crippen molar-refractivity contribution in [2.24, 2.45) is 0 Å². The number of hydrogen-bond acceptors (Lipinski definition) is 3. The van der Waals surface area contributed by atoms with Gasteiger partial charge in [-0.05, 0) is 6.07 Å². The SMILES string of the molecule is CCC(=O)N1CC(Oc2ccccn2)C1. The van der Waals surface area contributed by atoms with E-state index in [0.717, 1.165) is 0 Å². The highest BCUT2D eigenvalue weighted by Crippen LogP contribution is 2.15. The molecule has 0 radical (unpaired) electrons. The van der Waals surface area contributed by atoms with Gasteiger partial charge in [-0.25, -0.2) is 4.98 Å². The molecule has 2 rings (SSSR count). The van der Waals surface area contributed by atoms with Crippen molar-refractivity contribution >= 4 is 5.91 Å². The Hall–Kier alpha value is -1.58. The van der Waals surface area contributed by atoms with Crippen molar-refractivity contribution in [1.82, 2.24) is 9.88 Å². The van der Waals surface area contributed by atoms with Gasteiger partial charge in [0, 0.05) is 18.7 Å². The molecule has 1 aromatic rings. The van der Waals surface area contributed by atoms with Crippen LogP contribution < -0.4 is 4.74 Å². The van der Waals surface area contributed by atoms with Gasteiger partial charge in [-0.1, -0.05) is 13.0 Å². The minimum atomic E-state index is 0.107. The largest absolute Gasteiger partial charge is 0.471 e. The molecule has 1 aliphatic rings. The minimum Gasteiger partial charge on any atom is -0.471 e. The van der Waals surface area contributed by atoms with E-state index in [2.05, 4.69) is 4.98 Å². The number of carbonyl (C=O) groups excluding carboxylic acids is 1. The molecule has 0 aliphatic carbocycles. The summed E-state index contributed by atoms with van der Waals surface area (Å²) in [5.74, 6) is 0.821. The summed E-state index contributed by atoms with van der Waals surface area (Å²) in [6.07, 6.45) is 2.37. The first-order chi connectivity index (χ1) is 7.29. The van der Waals surface area contributed by atoms with Crippen LogP contribution >= 0.6 is 0 Å². The number of amides is 1. The number of aromatic nitrogens is 1. The highest BCUT2D eigenvalue weighted by atomic mass is 16.5. The van der Waals surface area contributed by atoms with E-state index in [0.29, 0.717) is 25.4 Å². The van der Waals surface area contributed by atoms with E-state index in [1.165, 1.54) is 0 Å². The lowest BCUT2D eigenvalue weighted by Gasteiger charge is -2.38. The first-order valence-electron chi connectivity index (χ1n) is 5.15. The smallest absolute Gasteiger partial charge is 0.222 e. The van der Waals surface area contributed by atoms with E-state index in [4.69, 9.17) is 4.74 Å². The van der Waals surface area contributed by atoms with Gasteiger partial charge in [0.1, 0.15) is 6.10 Å². The molecule has 0 atom stereocenters. The third kappa shape index (κ3) is 2.26. The molecule has 80 valence electrons. The fraction of sp³-hybridized carbons (Fsp3) is 0.455. The number of nitrogens with zero attached hydrogens (tertiary/aromatic N) is 2. The predicted molar refractivity (Wildman–Crippen MR) is 55.5 cm³/mol. The Morgan fingerprint density at radius 1 is 1.60 bits per heavy atom. The molecular weight excluding hydrogens is 192 g/mol. The Balaban J connectivity index is 1.79. The van der Waals surface area contributed by atoms with E-state index in [1.807, 2.05) is 25.1 Å². The van der Waals surface area contributed by atoms with Gasteiger partial charge in [-0.3, -0.25) is 4.79 Å². The average Bonchev–Trinajstić information content (AvgIpc) is 2.23. The van der Waals surface area contributed by atoms with Gasteiger partial charge in [0.2, 0.25) is 11.8 Å². The van der Waals surface area contributed by atoms with E-state index < -0.39 is 0 Å². The summed E-state index contributed by atoms with van der Waals surface area (Å²) >= 11 is 0. The molecule has 1 aromatic heterocycles. The average molecular weight is 206 g/mol. The lowest BCUT2D eigenvalue weighted by Crippen LogP contribution is -2.56. The predicted octanol–water partition coefficient (Wildman–Crippen LogP) is 1.08. The zero-order valence-corrected chi connectivity index (χ0v) is 8.72. The number of ether oxygens (including phenoxy) is 1. The molecule has 2 heterocycles. The maximum Gasteiger partial charge on any atom is 0.222 e. The van der Waals surface area contributed by atoms with Gasteiger partial charge < -0.3 is 9.64 Å². The molecule has 0 spiro atoms. The van der Waals surface area contributed by atoms with Gasteiger partial charge in [0.15, 0.2) is 0 Å². The highest BCUT2D eigenvalue weighted by Gasteiger charge is 2.31. The summed E-state index contributed by atoms with van der Waals surface area (Å²) < 4.78 is 5.57. The molecule has 1 amide bonds. The Kier molecular flexibility index (Phi) is 2.85. The van der Waals surface area contributed by atoms with Crippen LogP contribution in [-0.2, 0) is 4.79 Å². The number of pyridine rings is 1. The fourth-order valence-electron chi connectivity index (χ4n) is 1.53. The number of rotatable bonds is 3. The number of hydrogen-bond donors (Lipinski definition) is 0. The van der Waals surface area contributed by atoms with Crippen LogP contribution in [0.5, 0.6) is 5.88 Å². The van der Waals surface area contributed by atoms with Crippen LogP contribution in [0.2, 0.25) is 0 Å². The third-order valence-electron chi connectivity index (χ3n) is 2.43. The topological polar surface area (TPSA) is 42.4 Å². The van der Waals surface area contributed by atoms with Crippen molar-refractivity contribution in [2.75, 3.05) is 13.1 Å². The molecule has 1 aliphatic heterocycles. The van der Waals surface area contributed by atoms with Crippen LogP contribution in [0.3, 0.4) is 0 Å². The second-order valence-corrected chi connectivity index (χ2v) is 3.56. The molecule has 0 N–H and O–H groups in total. The first kappa shape index (κ1) is 9.96. The second kappa shape index (κ2) is 4.29. The highest BCUT2D eigenvalue weighted by molar-refractivity contribution is 5.76. The standard InChI is InChI=1S/C11H14N2O2/c1-2-11(14)13-7-9(8-13)15-10-5-3-4-6-12-10/h3-6,9H,2,7-8H2,1H3. The van der Waals surface area contributed by atoms with Crippen LogP contribution in [-0.4, -0.2) is 35.0 Å². The Bertz CT molecular complexity index is 334. The van der Waals surface area contributed by atoms with E-state index in [1.54, 1.807) is 11.1 Å². The Morgan fingerprint density at radius 2 is 2.40 bits per heavy atom. The maximum atomic E-state index is 11.2. The lowest BCUT2D eigenvalue weighted by atomic mass is 10.1. The summed E-state index contributed by atoms with van der Waals surface area (Å²) in [6.45, 7) is 3.24. The van der Waals surface area contributed by atoms with Crippen molar-refractivity contribution in [3.63, 3.8) is 0 Å². The van der Waals surface area contributed by atoms with Gasteiger partial charge >= 0.3 is 0 Å². The van der Waals surface area contributed by atoms with Crippen LogP contribution in [0.15, 0.2) is 24.4 Å². The van der Waals surface area contributed by atoms with Crippen molar-refractivity contribution in [2.45, 2.75) is 19.4 Å². The second-order valence-electron chi connectivity index (χ2n) is 3.56. The summed E-state index contributed by atoms with van der Waals surface area (Å²) in [4.78, 5) is 17.1. The molecule has 0 bridgehead atoms. The van der Waals surface area contributed by atoms with Crippen molar-refractivity contribution < 1.29 is 9.53 Å². The molecule has 4 nitrogen and oxygen atoms in total. The van der Waals surface area contributed by atoms with Crippen molar-refractivity contribution in [3.05, 3.63) is 24.4 Å². The van der Waals surface area contributed by atoms with Crippen molar-refractivity contribution in [1.29, 1.82) is 0 Å². The monoisotopic (exact) mass is 206 g/mol. The van der Waals surface area contributed by atoms with Crippen LogP contribution in [0.25, 0.3) is 0 Å². The summed E-state index contributed by atoms with van der Waals surface area (Å²) in [5.41, 5.74) is 0. The number of carbonyl (C=O) groups is 1. The minimum absolute atomic E-state index is 0.107. The van der Waals surface area contributed by atoms with Crippen molar-refractivity contribution in [3.8, 4) is 5.88 Å². The maximum absolute atomic E-state index is 11.2. The van der Waals surface area contributed by atoms with Gasteiger partial charge in [0.25, 0.3) is 0 Å². The first-order valence-corrected chi connectivity index (χ1v) is 5.15. The molecule has 0 aromatic carbocycles. The fourth-order valence-corrected chi connectivity index (χ4v) is 1.53. The summed E-state index contributed by atoms with van der Waals surface area (Å²) in [5, 5.41) is 0. The van der Waals surface area contributed by atoms with E-state index in [9.17, 15) is 4.79 Å². The van der Waals surface area contributed by atoms with Crippen LogP contribution in [0.4, 0.5) is 0 Å². The molecule has 0 unspecified atom stereocenters. The quantitative estimate of drug-likeness (QED) is 0.743. The van der Waals surface area contributed by atoms with Crippen LogP contribution in [0, 0.1) is 0 Å². The van der Waals surface area contributed by atoms with Gasteiger partial charge in [-0.2, -0.15) is 0 Å². The molecule has 4 heteroatoms. The van der Waals surface area contributed by atoms with Crippen LogP contribution in [0.1, 0.15) is 13.3 Å². The molecular formula is C11H14N2O2. The van der Waals surface area contributed by atoms with Gasteiger partial charge in [-0.15, -0.1) is 0 Å². The molecule has 15 heavy (non-hydrogen) atoms. The zero-order valence-electron chi connectivity index (χ0n) is 8.72. The Labute approximate surface area is 88.9 Å².